The number of ether oxygens (including phenoxy) is 1. The Morgan fingerprint density at radius 3 is 1.00 bits per heavy atom. The van der Waals surface area contributed by atoms with Crippen LogP contribution in [0.1, 0.15) is 122 Å². The first-order chi connectivity index (χ1) is 15.6. The first-order valence-corrected chi connectivity index (χ1v) is 12.4. The smallest absolute Gasteiger partial charge is 0.317 e. The predicted octanol–water partition coefficient (Wildman–Crippen LogP) is 7.59. The molecular weight excluding hydrogens is 436 g/mol. The third kappa shape index (κ3) is 6.02. The second-order valence-electron chi connectivity index (χ2n) is 13.9. The molecule has 2 aromatic rings. The van der Waals surface area contributed by atoms with Gasteiger partial charge in [0.2, 0.25) is 0 Å². The Bertz CT molecular complexity index is 945. The number of carbonyl (C=O) groups excluding carboxylic acids is 1. The van der Waals surface area contributed by atoms with Crippen LogP contribution in [0.4, 0.5) is 0 Å². The number of phenolic OH excluding ortho intramolecular Hbond substituents is 2. The lowest BCUT2D eigenvalue weighted by molar-refractivity contribution is -0.141. The number of phenols is 2. The van der Waals surface area contributed by atoms with E-state index in [0.717, 1.165) is 33.4 Å². The van der Waals surface area contributed by atoms with E-state index < -0.39 is 5.92 Å². The molecule has 0 atom stereocenters. The Morgan fingerprint density at radius 1 is 0.600 bits per heavy atom. The number of hydrogen-bond acceptors (Lipinski definition) is 4. The van der Waals surface area contributed by atoms with Gasteiger partial charge in [-0.3, -0.25) is 4.79 Å². The third-order valence-corrected chi connectivity index (χ3v) is 6.60. The lowest BCUT2D eigenvalue weighted by Crippen LogP contribution is -2.23. The van der Waals surface area contributed by atoms with Crippen LogP contribution < -0.4 is 0 Å². The predicted molar refractivity (Wildman–Crippen MR) is 145 cm³/mol. The van der Waals surface area contributed by atoms with Gasteiger partial charge in [-0.1, -0.05) is 107 Å². The minimum Gasteiger partial charge on any atom is -0.507 e. The first-order valence-electron chi connectivity index (χ1n) is 12.4. The second kappa shape index (κ2) is 9.19. The lowest BCUT2D eigenvalue weighted by atomic mass is 9.74. The molecule has 0 aliphatic heterocycles. The molecule has 4 heteroatoms. The van der Waals surface area contributed by atoms with Gasteiger partial charge in [0.1, 0.15) is 17.4 Å². The second-order valence-corrected chi connectivity index (χ2v) is 13.9. The maximum absolute atomic E-state index is 13.4. The van der Waals surface area contributed by atoms with E-state index in [1.54, 1.807) is 0 Å². The van der Waals surface area contributed by atoms with Crippen LogP contribution in [0.5, 0.6) is 11.5 Å². The summed E-state index contributed by atoms with van der Waals surface area (Å²) in [6.07, 6.45) is 0. The van der Waals surface area contributed by atoms with Crippen LogP contribution in [0, 0.1) is 0 Å². The lowest BCUT2D eigenvalue weighted by Gasteiger charge is -2.31. The van der Waals surface area contributed by atoms with E-state index in [-0.39, 0.29) is 39.1 Å². The molecule has 35 heavy (non-hydrogen) atoms. The number of benzene rings is 2. The highest BCUT2D eigenvalue weighted by Gasteiger charge is 2.34. The van der Waals surface area contributed by atoms with Crippen molar-refractivity contribution in [1.82, 2.24) is 0 Å². The standard InChI is InChI=1S/C31H46O4/c1-28(2,3)20-14-18(15-21(25(20)32)29(4,5)6)24(27(34)35-13)19-16-22(30(7,8)9)26(33)23(17-19)31(10,11)12/h14-17,24,32-33H,1-13H3. The van der Waals surface area contributed by atoms with E-state index in [4.69, 9.17) is 4.74 Å². The number of esters is 1. The van der Waals surface area contributed by atoms with Crippen LogP contribution in [0.3, 0.4) is 0 Å². The minimum atomic E-state index is -0.703. The Hall–Kier alpha value is -2.49. The number of rotatable bonds is 3. The molecule has 0 fully saturated rings. The van der Waals surface area contributed by atoms with Crippen molar-refractivity contribution in [3.05, 3.63) is 57.6 Å². The zero-order valence-corrected chi connectivity index (χ0v) is 24.1. The molecule has 0 heterocycles. The van der Waals surface area contributed by atoms with Crippen molar-refractivity contribution >= 4 is 5.97 Å². The number of carbonyl (C=O) groups is 1. The fourth-order valence-electron chi connectivity index (χ4n) is 4.52. The van der Waals surface area contributed by atoms with Crippen LogP contribution in [0.2, 0.25) is 0 Å². The van der Waals surface area contributed by atoms with Crippen LogP contribution in [0.15, 0.2) is 24.3 Å². The van der Waals surface area contributed by atoms with Crippen LogP contribution in [-0.4, -0.2) is 23.3 Å². The van der Waals surface area contributed by atoms with Gasteiger partial charge < -0.3 is 14.9 Å². The first kappa shape index (κ1) is 28.7. The maximum Gasteiger partial charge on any atom is 0.317 e. The average molecular weight is 483 g/mol. The van der Waals surface area contributed by atoms with Crippen molar-refractivity contribution < 1.29 is 19.7 Å². The maximum atomic E-state index is 13.4. The molecule has 0 bridgehead atoms. The quantitative estimate of drug-likeness (QED) is 0.442. The van der Waals surface area contributed by atoms with Gasteiger partial charge in [0.15, 0.2) is 0 Å². The number of aromatic hydroxyl groups is 2. The summed E-state index contributed by atoms with van der Waals surface area (Å²) in [4.78, 5) is 13.4. The molecule has 2 N–H and O–H groups in total. The highest BCUT2D eigenvalue weighted by atomic mass is 16.5. The van der Waals surface area contributed by atoms with Gasteiger partial charge in [0, 0.05) is 0 Å². The van der Waals surface area contributed by atoms with E-state index in [0.29, 0.717) is 0 Å². The largest absolute Gasteiger partial charge is 0.507 e. The van der Waals surface area contributed by atoms with E-state index in [1.165, 1.54) is 7.11 Å². The Morgan fingerprint density at radius 2 is 0.829 bits per heavy atom. The summed E-state index contributed by atoms with van der Waals surface area (Å²) in [5.41, 5.74) is 3.39. The van der Waals surface area contributed by atoms with Crippen molar-refractivity contribution in [1.29, 1.82) is 0 Å². The van der Waals surface area contributed by atoms with Crippen LogP contribution >= 0.6 is 0 Å². The fourth-order valence-corrected chi connectivity index (χ4v) is 4.52. The molecule has 0 aromatic heterocycles. The molecule has 2 rings (SSSR count). The van der Waals surface area contributed by atoms with E-state index in [2.05, 4.69) is 83.1 Å². The highest BCUT2D eigenvalue weighted by Crippen LogP contribution is 2.45. The summed E-state index contributed by atoms with van der Waals surface area (Å²) in [6.45, 7) is 24.7. The van der Waals surface area contributed by atoms with Gasteiger partial charge in [-0.2, -0.15) is 0 Å². The van der Waals surface area contributed by atoms with Crippen molar-refractivity contribution in [2.75, 3.05) is 7.11 Å². The Balaban J connectivity index is 3.03. The summed E-state index contributed by atoms with van der Waals surface area (Å²) in [7, 11) is 1.40. The van der Waals surface area contributed by atoms with Crippen LogP contribution in [-0.2, 0) is 31.2 Å². The summed E-state index contributed by atoms with van der Waals surface area (Å²) in [5, 5.41) is 22.4. The van der Waals surface area contributed by atoms with Gasteiger partial charge in [0.25, 0.3) is 0 Å². The Kier molecular flexibility index (Phi) is 7.54. The fraction of sp³-hybridized carbons (Fsp3) is 0.581. The topological polar surface area (TPSA) is 66.8 Å². The van der Waals surface area contributed by atoms with E-state index in [9.17, 15) is 15.0 Å². The normalized spacial score (nSPS) is 13.3. The summed E-state index contributed by atoms with van der Waals surface area (Å²) >= 11 is 0. The van der Waals surface area contributed by atoms with Crippen molar-refractivity contribution in [3.63, 3.8) is 0 Å². The zero-order valence-electron chi connectivity index (χ0n) is 24.1. The van der Waals surface area contributed by atoms with Crippen molar-refractivity contribution in [2.24, 2.45) is 0 Å². The SMILES string of the molecule is COC(=O)C(c1cc(C(C)(C)C)c(O)c(C(C)(C)C)c1)c1cc(C(C)(C)C)c(O)c(C(C)(C)C)c1. The Labute approximate surface area is 212 Å². The molecule has 0 saturated heterocycles. The van der Waals surface area contributed by atoms with Crippen LogP contribution in [0.25, 0.3) is 0 Å². The molecule has 0 amide bonds. The summed E-state index contributed by atoms with van der Waals surface area (Å²) in [6, 6.07) is 7.75. The van der Waals surface area contributed by atoms with E-state index >= 15 is 0 Å². The molecule has 0 unspecified atom stereocenters. The molecule has 0 saturated carbocycles. The van der Waals surface area contributed by atoms with E-state index in [1.807, 2.05) is 24.3 Å². The van der Waals surface area contributed by atoms with Gasteiger partial charge in [-0.15, -0.1) is 0 Å². The molecule has 194 valence electrons. The monoisotopic (exact) mass is 482 g/mol. The van der Waals surface area contributed by atoms with Gasteiger partial charge in [0.05, 0.1) is 7.11 Å². The summed E-state index contributed by atoms with van der Waals surface area (Å²) < 4.78 is 5.32. The molecular formula is C31H46O4. The van der Waals surface area contributed by atoms with Gasteiger partial charge in [-0.05, 0) is 55.0 Å². The molecule has 0 aliphatic carbocycles. The van der Waals surface area contributed by atoms with Crippen molar-refractivity contribution in [3.8, 4) is 11.5 Å². The average Bonchev–Trinajstić information content (AvgIpc) is 2.66. The summed E-state index contributed by atoms with van der Waals surface area (Å²) in [5.74, 6) is -0.533. The highest BCUT2D eigenvalue weighted by molar-refractivity contribution is 5.83. The molecule has 0 radical (unpaired) electrons. The number of hydrogen-bond donors (Lipinski definition) is 2. The zero-order chi connectivity index (χ0) is 27.3. The third-order valence-electron chi connectivity index (χ3n) is 6.60. The molecule has 0 spiro atoms. The van der Waals surface area contributed by atoms with Crippen molar-refractivity contribution in [2.45, 2.75) is 111 Å². The van der Waals surface area contributed by atoms with Gasteiger partial charge >= 0.3 is 5.97 Å². The molecule has 0 aliphatic rings. The minimum absolute atomic E-state index is 0.272. The van der Waals surface area contributed by atoms with Gasteiger partial charge in [-0.25, -0.2) is 0 Å². The molecule has 2 aromatic carbocycles. The molecule has 4 nitrogen and oxygen atoms in total. The number of methoxy groups -OCH3 is 1.